The van der Waals surface area contributed by atoms with Crippen molar-refractivity contribution < 1.29 is 4.42 Å². The van der Waals surface area contributed by atoms with E-state index in [4.69, 9.17) is 4.42 Å². The van der Waals surface area contributed by atoms with E-state index in [0.29, 0.717) is 17.9 Å². The third-order valence-corrected chi connectivity index (χ3v) is 4.13. The summed E-state index contributed by atoms with van der Waals surface area (Å²) in [4.78, 5) is 0. The third kappa shape index (κ3) is 3.31. The molecular weight excluding hydrogens is 246 g/mol. The Kier molecular flexibility index (Phi) is 5.42. The summed E-state index contributed by atoms with van der Waals surface area (Å²) in [7, 11) is 0. The maximum absolute atomic E-state index is 5.30. The van der Waals surface area contributed by atoms with E-state index in [1.54, 1.807) is 6.26 Å². The molecule has 20 heavy (non-hydrogen) atoms. The summed E-state index contributed by atoms with van der Waals surface area (Å²) >= 11 is 0. The van der Waals surface area contributed by atoms with Gasteiger partial charge in [0.1, 0.15) is 0 Å². The van der Waals surface area contributed by atoms with Crippen LogP contribution in [0.3, 0.4) is 0 Å². The predicted molar refractivity (Wildman–Crippen MR) is 83.8 cm³/mol. The van der Waals surface area contributed by atoms with Gasteiger partial charge in [0.2, 0.25) is 0 Å². The maximum Gasteiger partial charge on any atom is 0.0950 e. The fourth-order valence-electron chi connectivity index (χ4n) is 2.90. The van der Waals surface area contributed by atoms with Crippen LogP contribution in [-0.4, -0.2) is 6.54 Å². The number of likely N-dealkylation sites (N-methyl/N-ethyl adjacent to an activating group) is 1. The molecule has 0 radical (unpaired) electrons. The second-order valence-corrected chi connectivity index (χ2v) is 5.41. The van der Waals surface area contributed by atoms with Crippen LogP contribution in [0.25, 0.3) is 0 Å². The van der Waals surface area contributed by atoms with E-state index in [0.717, 1.165) is 6.54 Å². The summed E-state index contributed by atoms with van der Waals surface area (Å²) in [6.07, 6.45) is 4.79. The Morgan fingerprint density at radius 1 is 1.05 bits per heavy atom. The van der Waals surface area contributed by atoms with Crippen molar-refractivity contribution in [3.05, 3.63) is 60.1 Å². The highest BCUT2D eigenvalue weighted by atomic mass is 16.3. The molecule has 0 bridgehead atoms. The van der Waals surface area contributed by atoms with Gasteiger partial charge in [0, 0.05) is 17.5 Å². The highest BCUT2D eigenvalue weighted by Crippen LogP contribution is 2.38. The summed E-state index contributed by atoms with van der Waals surface area (Å²) in [6.45, 7) is 7.71. The minimum absolute atomic E-state index is 0.302. The van der Waals surface area contributed by atoms with Gasteiger partial charge in [0.05, 0.1) is 12.5 Å². The van der Waals surface area contributed by atoms with Gasteiger partial charge in [0.25, 0.3) is 0 Å². The van der Waals surface area contributed by atoms with E-state index < -0.39 is 0 Å². The van der Waals surface area contributed by atoms with Crippen LogP contribution in [0.5, 0.6) is 0 Å². The highest BCUT2D eigenvalue weighted by molar-refractivity contribution is 5.27. The van der Waals surface area contributed by atoms with Crippen molar-refractivity contribution in [2.45, 2.75) is 39.2 Å². The minimum Gasteiger partial charge on any atom is -0.472 e. The van der Waals surface area contributed by atoms with Gasteiger partial charge in [-0.3, -0.25) is 0 Å². The number of benzene rings is 1. The largest absolute Gasteiger partial charge is 0.472 e. The van der Waals surface area contributed by atoms with Gasteiger partial charge >= 0.3 is 0 Å². The number of nitrogens with one attached hydrogen (secondary N) is 1. The van der Waals surface area contributed by atoms with Crippen LogP contribution in [-0.2, 0) is 0 Å². The van der Waals surface area contributed by atoms with E-state index in [1.165, 1.54) is 17.5 Å². The average Bonchev–Trinajstić information content (AvgIpc) is 3.01. The zero-order valence-electron chi connectivity index (χ0n) is 12.7. The summed E-state index contributed by atoms with van der Waals surface area (Å²) in [6, 6.07) is 13.2. The summed E-state index contributed by atoms with van der Waals surface area (Å²) in [5, 5.41) is 3.64. The fraction of sp³-hybridized carbons (Fsp3) is 0.444. The highest BCUT2D eigenvalue weighted by Gasteiger charge is 2.28. The Hall–Kier alpha value is -1.54. The van der Waals surface area contributed by atoms with Gasteiger partial charge in [-0.25, -0.2) is 0 Å². The minimum atomic E-state index is 0.302. The molecule has 0 spiro atoms. The van der Waals surface area contributed by atoms with E-state index in [9.17, 15) is 0 Å². The van der Waals surface area contributed by atoms with Crippen LogP contribution in [0.4, 0.5) is 0 Å². The number of furan rings is 1. The monoisotopic (exact) mass is 271 g/mol. The van der Waals surface area contributed by atoms with Crippen molar-refractivity contribution in [2.24, 2.45) is 5.92 Å². The number of hydrogen-bond donors (Lipinski definition) is 1. The summed E-state index contributed by atoms with van der Waals surface area (Å²) in [5.41, 5.74) is 2.63. The Morgan fingerprint density at radius 2 is 1.80 bits per heavy atom. The maximum atomic E-state index is 5.30. The quantitative estimate of drug-likeness (QED) is 0.785. The molecule has 2 rings (SSSR count). The molecular formula is C18H25NO. The van der Waals surface area contributed by atoms with Crippen molar-refractivity contribution in [1.29, 1.82) is 0 Å². The Bertz CT molecular complexity index is 477. The van der Waals surface area contributed by atoms with E-state index >= 15 is 0 Å². The van der Waals surface area contributed by atoms with Crippen LogP contribution in [0.2, 0.25) is 0 Å². The molecule has 0 amide bonds. The van der Waals surface area contributed by atoms with Crippen LogP contribution < -0.4 is 5.32 Å². The third-order valence-electron chi connectivity index (χ3n) is 4.13. The van der Waals surface area contributed by atoms with E-state index in [2.05, 4.69) is 62.5 Å². The summed E-state index contributed by atoms with van der Waals surface area (Å²) in [5.74, 6) is 1.06. The molecule has 0 aliphatic heterocycles. The van der Waals surface area contributed by atoms with Gasteiger partial charge in [-0.1, -0.05) is 57.5 Å². The SMILES string of the molecule is CCNC(c1ccoc1)C(c1ccccc1)C(C)CC. The molecule has 108 valence electrons. The van der Waals surface area contributed by atoms with Crippen molar-refractivity contribution in [3.63, 3.8) is 0 Å². The standard InChI is InChI=1S/C18H25NO/c1-4-14(3)17(15-9-7-6-8-10-15)18(19-5-2)16-11-12-20-13-16/h6-14,17-19H,4-5H2,1-3H3. The van der Waals surface area contributed by atoms with Crippen molar-refractivity contribution >= 4 is 0 Å². The van der Waals surface area contributed by atoms with E-state index in [1.807, 2.05) is 6.26 Å². The molecule has 0 saturated heterocycles. The van der Waals surface area contributed by atoms with Gasteiger partial charge in [0.15, 0.2) is 0 Å². The first-order valence-corrected chi connectivity index (χ1v) is 7.58. The lowest BCUT2D eigenvalue weighted by atomic mass is 9.78. The van der Waals surface area contributed by atoms with Crippen molar-refractivity contribution in [3.8, 4) is 0 Å². The molecule has 1 aromatic heterocycles. The van der Waals surface area contributed by atoms with Crippen LogP contribution in [0, 0.1) is 5.92 Å². The number of hydrogen-bond acceptors (Lipinski definition) is 2. The van der Waals surface area contributed by atoms with Gasteiger partial charge in [-0.05, 0) is 24.1 Å². The molecule has 1 aromatic carbocycles. The Labute approximate surface area is 122 Å². The normalized spacial score (nSPS) is 15.8. The smallest absolute Gasteiger partial charge is 0.0950 e. The fourth-order valence-corrected chi connectivity index (χ4v) is 2.90. The molecule has 2 nitrogen and oxygen atoms in total. The first-order chi connectivity index (χ1) is 9.77. The molecule has 2 heteroatoms. The molecule has 1 N–H and O–H groups in total. The molecule has 0 aliphatic carbocycles. The van der Waals surface area contributed by atoms with Crippen LogP contribution >= 0.6 is 0 Å². The van der Waals surface area contributed by atoms with E-state index in [-0.39, 0.29) is 0 Å². The topological polar surface area (TPSA) is 25.2 Å². The molecule has 1 heterocycles. The first kappa shape index (κ1) is 14.9. The zero-order valence-corrected chi connectivity index (χ0v) is 12.7. The molecule has 0 fully saturated rings. The van der Waals surface area contributed by atoms with Crippen LogP contribution in [0.1, 0.15) is 50.3 Å². The second-order valence-electron chi connectivity index (χ2n) is 5.41. The van der Waals surface area contributed by atoms with Crippen molar-refractivity contribution in [2.75, 3.05) is 6.54 Å². The molecule has 0 aliphatic rings. The second kappa shape index (κ2) is 7.30. The number of rotatable bonds is 7. The first-order valence-electron chi connectivity index (χ1n) is 7.58. The average molecular weight is 271 g/mol. The Morgan fingerprint density at radius 3 is 2.35 bits per heavy atom. The lowest BCUT2D eigenvalue weighted by molar-refractivity contribution is 0.342. The van der Waals surface area contributed by atoms with Crippen LogP contribution in [0.15, 0.2) is 53.3 Å². The molecule has 2 aromatic rings. The lowest BCUT2D eigenvalue weighted by Crippen LogP contribution is -2.30. The molecule has 0 saturated carbocycles. The molecule has 3 unspecified atom stereocenters. The summed E-state index contributed by atoms with van der Waals surface area (Å²) < 4.78 is 5.30. The van der Waals surface area contributed by atoms with Gasteiger partial charge in [-0.15, -0.1) is 0 Å². The van der Waals surface area contributed by atoms with Gasteiger partial charge in [-0.2, -0.15) is 0 Å². The van der Waals surface area contributed by atoms with Gasteiger partial charge < -0.3 is 9.73 Å². The molecule has 3 atom stereocenters. The Balaban J connectivity index is 2.37. The zero-order chi connectivity index (χ0) is 14.4. The lowest BCUT2D eigenvalue weighted by Gasteiger charge is -2.32. The van der Waals surface area contributed by atoms with Crippen molar-refractivity contribution in [1.82, 2.24) is 5.32 Å². The predicted octanol–water partition coefficient (Wildman–Crippen LogP) is 4.76.